The van der Waals surface area contributed by atoms with Crippen LogP contribution in [-0.4, -0.2) is 72.7 Å². The highest BCUT2D eigenvalue weighted by atomic mass is 16.5. The minimum atomic E-state index is -0.347. The molecule has 6 nitrogen and oxygen atoms in total. The third-order valence-corrected chi connectivity index (χ3v) is 6.18. The summed E-state index contributed by atoms with van der Waals surface area (Å²) in [7, 11) is 0. The lowest BCUT2D eigenvalue weighted by Gasteiger charge is -2.43. The summed E-state index contributed by atoms with van der Waals surface area (Å²) >= 11 is 0. The van der Waals surface area contributed by atoms with Gasteiger partial charge in [-0.1, -0.05) is 42.5 Å². The number of carbonyl (C=O) groups excluding carboxylic acids is 2. The third kappa shape index (κ3) is 4.87. The molecule has 156 valence electrons. The van der Waals surface area contributed by atoms with Gasteiger partial charge >= 0.3 is 0 Å². The quantitative estimate of drug-likeness (QED) is 0.782. The topological polar surface area (TPSA) is 59.1 Å². The van der Waals surface area contributed by atoms with Crippen LogP contribution in [-0.2, 0) is 19.1 Å². The fourth-order valence-corrected chi connectivity index (χ4v) is 4.45. The molecule has 3 fully saturated rings. The first kappa shape index (κ1) is 20.1. The van der Waals surface area contributed by atoms with Crippen LogP contribution in [0.4, 0.5) is 0 Å². The van der Waals surface area contributed by atoms with Gasteiger partial charge in [-0.05, 0) is 31.2 Å². The van der Waals surface area contributed by atoms with E-state index >= 15 is 0 Å². The molecule has 1 unspecified atom stereocenters. The Bertz CT molecular complexity index is 735. The Morgan fingerprint density at radius 1 is 1.17 bits per heavy atom. The molecule has 3 saturated heterocycles. The van der Waals surface area contributed by atoms with Crippen molar-refractivity contribution in [3.63, 3.8) is 0 Å². The number of hydrogen-bond donors (Lipinski definition) is 0. The summed E-state index contributed by atoms with van der Waals surface area (Å²) in [5, 5.41) is 0. The molecular formula is C23H30N2O4. The van der Waals surface area contributed by atoms with Crippen LogP contribution in [0, 0.1) is 0 Å². The monoisotopic (exact) mass is 398 g/mol. The Kier molecular flexibility index (Phi) is 6.31. The molecule has 2 amide bonds. The zero-order valence-corrected chi connectivity index (χ0v) is 16.9. The number of nitrogens with zero attached hydrogens (tertiary/aromatic N) is 2. The van der Waals surface area contributed by atoms with Crippen molar-refractivity contribution in [1.29, 1.82) is 0 Å². The predicted octanol–water partition coefficient (Wildman–Crippen LogP) is 2.49. The van der Waals surface area contributed by atoms with Crippen molar-refractivity contribution in [2.24, 2.45) is 0 Å². The lowest BCUT2D eigenvalue weighted by Crippen LogP contribution is -2.54. The normalized spacial score (nSPS) is 25.0. The average Bonchev–Trinajstić information content (AvgIpc) is 3.24. The summed E-state index contributed by atoms with van der Waals surface area (Å²) in [6.07, 6.45) is 7.56. The van der Waals surface area contributed by atoms with E-state index in [0.29, 0.717) is 45.8 Å². The molecule has 1 aromatic carbocycles. The molecule has 6 heteroatoms. The Morgan fingerprint density at radius 3 is 2.69 bits per heavy atom. The number of rotatable bonds is 4. The fourth-order valence-electron chi connectivity index (χ4n) is 4.45. The smallest absolute Gasteiger partial charge is 0.251 e. The van der Waals surface area contributed by atoms with Crippen LogP contribution in [0.25, 0.3) is 6.08 Å². The van der Waals surface area contributed by atoms with Crippen molar-refractivity contribution >= 4 is 17.9 Å². The van der Waals surface area contributed by atoms with E-state index < -0.39 is 0 Å². The van der Waals surface area contributed by atoms with Crippen LogP contribution in [0.2, 0.25) is 0 Å². The number of amides is 2. The third-order valence-electron chi connectivity index (χ3n) is 6.18. The molecule has 1 spiro atoms. The van der Waals surface area contributed by atoms with E-state index in [1.807, 2.05) is 46.2 Å². The second kappa shape index (κ2) is 9.09. The van der Waals surface area contributed by atoms with Gasteiger partial charge in [-0.15, -0.1) is 0 Å². The van der Waals surface area contributed by atoms with Crippen LogP contribution in [0.3, 0.4) is 0 Å². The van der Waals surface area contributed by atoms with Gasteiger partial charge in [0.25, 0.3) is 5.91 Å². The van der Waals surface area contributed by atoms with Gasteiger partial charge in [0.2, 0.25) is 5.91 Å². The van der Waals surface area contributed by atoms with Crippen LogP contribution < -0.4 is 0 Å². The van der Waals surface area contributed by atoms with Crippen molar-refractivity contribution in [2.45, 2.75) is 43.8 Å². The van der Waals surface area contributed by atoms with Gasteiger partial charge < -0.3 is 19.3 Å². The second-order valence-electron chi connectivity index (χ2n) is 8.20. The Labute approximate surface area is 172 Å². The van der Waals surface area contributed by atoms with Gasteiger partial charge in [0.15, 0.2) is 0 Å². The molecule has 0 bridgehead atoms. The summed E-state index contributed by atoms with van der Waals surface area (Å²) in [5.74, 6) is 0.252. The first-order valence-corrected chi connectivity index (χ1v) is 10.7. The zero-order valence-electron chi connectivity index (χ0n) is 16.9. The van der Waals surface area contributed by atoms with E-state index in [0.717, 1.165) is 31.2 Å². The van der Waals surface area contributed by atoms with Crippen LogP contribution in [0.15, 0.2) is 36.4 Å². The van der Waals surface area contributed by atoms with Crippen LogP contribution in [0.5, 0.6) is 0 Å². The Morgan fingerprint density at radius 2 is 1.97 bits per heavy atom. The standard InChI is InChI=1S/C23H30N2O4/c26-21-10-17-29-23(18-25(21)13-4-8-19-6-2-1-3-7-19)11-14-24(15-12-23)22(27)20-9-5-16-28-20/h1-4,6-8,20H,5,9-18H2/b8-4+. The van der Waals surface area contributed by atoms with Crippen molar-refractivity contribution in [3.05, 3.63) is 42.0 Å². The molecule has 0 radical (unpaired) electrons. The van der Waals surface area contributed by atoms with Gasteiger partial charge in [0.1, 0.15) is 6.10 Å². The number of piperidine rings is 1. The minimum absolute atomic E-state index is 0.115. The SMILES string of the molecule is O=C1CCOC2(CCN(C(=O)C3CCCO3)CC2)CN1C/C=C/c1ccccc1. The van der Waals surface area contributed by atoms with Crippen molar-refractivity contribution in [1.82, 2.24) is 9.80 Å². The maximum atomic E-state index is 12.6. The molecule has 29 heavy (non-hydrogen) atoms. The van der Waals surface area contributed by atoms with Gasteiger partial charge in [0.05, 0.1) is 25.2 Å². The molecule has 3 aliphatic heterocycles. The Hall–Kier alpha value is -2.18. The van der Waals surface area contributed by atoms with Crippen molar-refractivity contribution in [2.75, 3.05) is 39.4 Å². The molecule has 1 atom stereocenters. The van der Waals surface area contributed by atoms with Crippen molar-refractivity contribution < 1.29 is 19.1 Å². The van der Waals surface area contributed by atoms with Crippen LogP contribution in [0.1, 0.15) is 37.7 Å². The predicted molar refractivity (Wildman–Crippen MR) is 110 cm³/mol. The highest BCUT2D eigenvalue weighted by Crippen LogP contribution is 2.31. The molecule has 1 aromatic rings. The van der Waals surface area contributed by atoms with Gasteiger partial charge in [-0.25, -0.2) is 0 Å². The zero-order chi connectivity index (χ0) is 20.1. The largest absolute Gasteiger partial charge is 0.372 e. The second-order valence-corrected chi connectivity index (χ2v) is 8.20. The first-order valence-electron chi connectivity index (χ1n) is 10.7. The van der Waals surface area contributed by atoms with E-state index in [-0.39, 0.29) is 23.5 Å². The molecule has 0 aromatic heterocycles. The number of carbonyl (C=O) groups is 2. The first-order chi connectivity index (χ1) is 14.2. The Balaban J connectivity index is 1.35. The summed E-state index contributed by atoms with van der Waals surface area (Å²) in [6.45, 7) is 3.65. The van der Waals surface area contributed by atoms with E-state index in [9.17, 15) is 9.59 Å². The molecule has 0 N–H and O–H groups in total. The van der Waals surface area contributed by atoms with Gasteiger partial charge in [0, 0.05) is 26.2 Å². The molecular weight excluding hydrogens is 368 g/mol. The maximum absolute atomic E-state index is 12.6. The van der Waals surface area contributed by atoms with Crippen molar-refractivity contribution in [3.8, 4) is 0 Å². The number of hydrogen-bond acceptors (Lipinski definition) is 4. The molecule has 0 saturated carbocycles. The maximum Gasteiger partial charge on any atom is 0.251 e. The molecule has 3 aliphatic rings. The van der Waals surface area contributed by atoms with E-state index in [1.54, 1.807) is 0 Å². The number of ether oxygens (including phenoxy) is 2. The minimum Gasteiger partial charge on any atom is -0.372 e. The molecule has 0 aliphatic carbocycles. The summed E-state index contributed by atoms with van der Waals surface area (Å²) in [5.41, 5.74) is 0.779. The van der Waals surface area contributed by atoms with E-state index in [1.165, 1.54) is 0 Å². The van der Waals surface area contributed by atoms with Gasteiger partial charge in [-0.2, -0.15) is 0 Å². The fraction of sp³-hybridized carbons (Fsp3) is 0.565. The van der Waals surface area contributed by atoms with Crippen LogP contribution >= 0.6 is 0 Å². The van der Waals surface area contributed by atoms with Gasteiger partial charge in [-0.3, -0.25) is 9.59 Å². The molecule has 4 rings (SSSR count). The van der Waals surface area contributed by atoms with E-state index in [4.69, 9.17) is 9.47 Å². The summed E-state index contributed by atoms with van der Waals surface area (Å²) < 4.78 is 11.7. The lowest BCUT2D eigenvalue weighted by molar-refractivity contribution is -0.148. The summed E-state index contributed by atoms with van der Waals surface area (Å²) in [6, 6.07) is 10.1. The highest BCUT2D eigenvalue weighted by Gasteiger charge is 2.42. The molecule has 3 heterocycles. The average molecular weight is 399 g/mol. The van der Waals surface area contributed by atoms with E-state index in [2.05, 4.69) is 6.08 Å². The number of likely N-dealkylation sites (tertiary alicyclic amines) is 1. The summed E-state index contributed by atoms with van der Waals surface area (Å²) in [4.78, 5) is 29.0. The lowest BCUT2D eigenvalue weighted by atomic mass is 9.90. The highest BCUT2D eigenvalue weighted by molar-refractivity contribution is 5.81. The number of benzene rings is 1.